The molecule has 0 heterocycles. The molecule has 1 aromatic carbocycles. The van der Waals surface area contributed by atoms with Crippen LogP contribution in [0.1, 0.15) is 26.3 Å². The normalized spacial score (nSPS) is 12.8. The van der Waals surface area contributed by atoms with E-state index in [0.717, 1.165) is 5.56 Å². The molecule has 5 nitrogen and oxygen atoms in total. The van der Waals surface area contributed by atoms with Crippen LogP contribution in [0.25, 0.3) is 0 Å². The highest BCUT2D eigenvalue weighted by Gasteiger charge is 2.21. The zero-order chi connectivity index (χ0) is 15.2. The lowest BCUT2D eigenvalue weighted by atomic mass is 10.1. The summed E-state index contributed by atoms with van der Waals surface area (Å²) in [5, 5.41) is 11.9. The first-order valence-corrected chi connectivity index (χ1v) is 6.50. The standard InChI is InChI=1S/C15H21NO4/c1-15(2,3)20-13(17)10-16-12(14(18)19)9-11-7-5-4-6-8-11/h4-8,12,16H,9-10H2,1-3H3,(H,18,19)/t12-/m0/s1. The van der Waals surface area contributed by atoms with Crippen LogP contribution in [0.5, 0.6) is 0 Å². The minimum absolute atomic E-state index is 0.124. The van der Waals surface area contributed by atoms with Gasteiger partial charge in [0, 0.05) is 0 Å². The molecule has 1 aromatic rings. The van der Waals surface area contributed by atoms with Gasteiger partial charge in [0.25, 0.3) is 0 Å². The second-order valence-corrected chi connectivity index (χ2v) is 5.55. The van der Waals surface area contributed by atoms with E-state index in [4.69, 9.17) is 9.84 Å². The Labute approximate surface area is 118 Å². The molecule has 0 aliphatic carbocycles. The van der Waals surface area contributed by atoms with Crippen molar-refractivity contribution in [1.29, 1.82) is 0 Å². The Morgan fingerprint density at radius 3 is 2.35 bits per heavy atom. The van der Waals surface area contributed by atoms with Gasteiger partial charge in [0.15, 0.2) is 0 Å². The fourth-order valence-corrected chi connectivity index (χ4v) is 1.68. The molecule has 110 valence electrons. The number of carboxylic acid groups (broad SMARTS) is 1. The second-order valence-electron chi connectivity index (χ2n) is 5.55. The molecule has 2 N–H and O–H groups in total. The lowest BCUT2D eigenvalue weighted by Crippen LogP contribution is -2.42. The van der Waals surface area contributed by atoms with Gasteiger partial charge in [-0.15, -0.1) is 0 Å². The van der Waals surface area contributed by atoms with Crippen molar-refractivity contribution in [3.63, 3.8) is 0 Å². The summed E-state index contributed by atoms with van der Waals surface area (Å²) in [6.45, 7) is 5.18. The summed E-state index contributed by atoms with van der Waals surface area (Å²) in [4.78, 5) is 22.7. The fourth-order valence-electron chi connectivity index (χ4n) is 1.68. The van der Waals surface area contributed by atoms with Gasteiger partial charge < -0.3 is 9.84 Å². The monoisotopic (exact) mass is 279 g/mol. The molecule has 0 aliphatic heterocycles. The van der Waals surface area contributed by atoms with E-state index < -0.39 is 23.6 Å². The summed E-state index contributed by atoms with van der Waals surface area (Å²) in [5.41, 5.74) is 0.327. The first-order valence-electron chi connectivity index (χ1n) is 6.50. The van der Waals surface area contributed by atoms with Gasteiger partial charge >= 0.3 is 11.9 Å². The molecule has 0 spiro atoms. The van der Waals surface area contributed by atoms with Crippen LogP contribution in [-0.2, 0) is 20.7 Å². The molecule has 20 heavy (non-hydrogen) atoms. The Morgan fingerprint density at radius 2 is 1.85 bits per heavy atom. The van der Waals surface area contributed by atoms with Crippen molar-refractivity contribution >= 4 is 11.9 Å². The number of benzene rings is 1. The summed E-state index contributed by atoms with van der Waals surface area (Å²) in [6.07, 6.45) is 0.318. The van der Waals surface area contributed by atoms with Crippen molar-refractivity contribution in [1.82, 2.24) is 5.32 Å². The lowest BCUT2D eigenvalue weighted by Gasteiger charge is -2.20. The number of rotatable bonds is 6. The van der Waals surface area contributed by atoms with Gasteiger partial charge in [0.05, 0.1) is 6.54 Å². The molecular formula is C15H21NO4. The van der Waals surface area contributed by atoms with Gasteiger partial charge in [-0.1, -0.05) is 30.3 Å². The highest BCUT2D eigenvalue weighted by molar-refractivity contribution is 5.76. The molecule has 0 aromatic heterocycles. The maximum absolute atomic E-state index is 11.6. The Morgan fingerprint density at radius 1 is 1.25 bits per heavy atom. The van der Waals surface area contributed by atoms with Gasteiger partial charge in [-0.3, -0.25) is 14.9 Å². The number of carbonyl (C=O) groups excluding carboxylic acids is 1. The largest absolute Gasteiger partial charge is 0.480 e. The van der Waals surface area contributed by atoms with E-state index in [9.17, 15) is 9.59 Å². The van der Waals surface area contributed by atoms with E-state index in [1.54, 1.807) is 20.8 Å². The Bertz CT molecular complexity index is 451. The van der Waals surface area contributed by atoms with Crippen LogP contribution in [0.3, 0.4) is 0 Å². The zero-order valence-electron chi connectivity index (χ0n) is 12.1. The quantitative estimate of drug-likeness (QED) is 0.774. The van der Waals surface area contributed by atoms with Crippen LogP contribution < -0.4 is 5.32 Å². The van der Waals surface area contributed by atoms with Crippen LogP contribution in [0.15, 0.2) is 30.3 Å². The van der Waals surface area contributed by atoms with E-state index in [1.807, 2.05) is 30.3 Å². The summed E-state index contributed by atoms with van der Waals surface area (Å²) in [6, 6.07) is 8.46. The van der Waals surface area contributed by atoms with E-state index >= 15 is 0 Å². The molecule has 1 atom stereocenters. The van der Waals surface area contributed by atoms with Crippen LogP contribution >= 0.6 is 0 Å². The average molecular weight is 279 g/mol. The number of carbonyl (C=O) groups is 2. The molecule has 5 heteroatoms. The van der Waals surface area contributed by atoms with E-state index in [0.29, 0.717) is 6.42 Å². The molecule has 0 bridgehead atoms. The number of ether oxygens (including phenoxy) is 1. The summed E-state index contributed by atoms with van der Waals surface area (Å²) >= 11 is 0. The molecule has 0 amide bonds. The number of hydrogen-bond acceptors (Lipinski definition) is 4. The highest BCUT2D eigenvalue weighted by Crippen LogP contribution is 2.07. The second kappa shape index (κ2) is 7.05. The third-order valence-corrected chi connectivity index (χ3v) is 2.49. The smallest absolute Gasteiger partial charge is 0.321 e. The third kappa shape index (κ3) is 6.33. The van der Waals surface area contributed by atoms with Crippen molar-refractivity contribution in [2.45, 2.75) is 38.8 Å². The van der Waals surface area contributed by atoms with Crippen molar-refractivity contribution in [3.8, 4) is 0 Å². The van der Waals surface area contributed by atoms with Gasteiger partial charge in [0.1, 0.15) is 11.6 Å². The summed E-state index contributed by atoms with van der Waals surface area (Å²) in [5.74, 6) is -1.45. The third-order valence-electron chi connectivity index (χ3n) is 2.49. The zero-order valence-corrected chi connectivity index (χ0v) is 12.1. The lowest BCUT2D eigenvalue weighted by molar-refractivity contribution is -0.154. The Kier molecular flexibility index (Phi) is 5.70. The summed E-state index contributed by atoms with van der Waals surface area (Å²) < 4.78 is 5.12. The van der Waals surface area contributed by atoms with Crippen LogP contribution in [0.4, 0.5) is 0 Å². The molecule has 0 radical (unpaired) electrons. The highest BCUT2D eigenvalue weighted by atomic mass is 16.6. The Hall–Kier alpha value is -1.88. The first-order chi connectivity index (χ1) is 9.28. The molecule has 0 fully saturated rings. The minimum atomic E-state index is -0.989. The Balaban J connectivity index is 2.52. The molecular weight excluding hydrogens is 258 g/mol. The van der Waals surface area contributed by atoms with Crippen LogP contribution in [0, 0.1) is 0 Å². The van der Waals surface area contributed by atoms with Gasteiger partial charge in [-0.2, -0.15) is 0 Å². The average Bonchev–Trinajstić information content (AvgIpc) is 2.33. The molecule has 0 saturated carbocycles. The van der Waals surface area contributed by atoms with Gasteiger partial charge in [-0.25, -0.2) is 0 Å². The molecule has 0 aliphatic rings. The number of esters is 1. The van der Waals surface area contributed by atoms with Gasteiger partial charge in [-0.05, 0) is 32.8 Å². The number of hydrogen-bond donors (Lipinski definition) is 2. The van der Waals surface area contributed by atoms with Crippen LogP contribution in [0.2, 0.25) is 0 Å². The molecule has 0 saturated heterocycles. The van der Waals surface area contributed by atoms with E-state index in [2.05, 4.69) is 5.32 Å². The van der Waals surface area contributed by atoms with Crippen molar-refractivity contribution < 1.29 is 19.4 Å². The SMILES string of the molecule is CC(C)(C)OC(=O)CN[C@@H](Cc1ccccc1)C(=O)O. The number of aliphatic carboxylic acids is 1. The molecule has 0 unspecified atom stereocenters. The van der Waals surface area contributed by atoms with Crippen molar-refractivity contribution in [2.75, 3.05) is 6.54 Å². The predicted octanol–water partition coefficient (Wildman–Crippen LogP) is 1.61. The number of nitrogens with one attached hydrogen (secondary N) is 1. The minimum Gasteiger partial charge on any atom is -0.480 e. The van der Waals surface area contributed by atoms with E-state index in [1.165, 1.54) is 0 Å². The van der Waals surface area contributed by atoms with Gasteiger partial charge in [0.2, 0.25) is 0 Å². The first kappa shape index (κ1) is 16.2. The maximum Gasteiger partial charge on any atom is 0.321 e. The number of carboxylic acids is 1. The molecule has 1 rings (SSSR count). The van der Waals surface area contributed by atoms with Crippen molar-refractivity contribution in [3.05, 3.63) is 35.9 Å². The maximum atomic E-state index is 11.6. The summed E-state index contributed by atoms with van der Waals surface area (Å²) in [7, 11) is 0. The fraction of sp³-hybridized carbons (Fsp3) is 0.467. The van der Waals surface area contributed by atoms with Crippen molar-refractivity contribution in [2.24, 2.45) is 0 Å². The van der Waals surface area contributed by atoms with E-state index in [-0.39, 0.29) is 6.54 Å². The van der Waals surface area contributed by atoms with Crippen LogP contribution in [-0.4, -0.2) is 35.2 Å². The topological polar surface area (TPSA) is 75.6 Å². The predicted molar refractivity (Wildman–Crippen MR) is 75.4 cm³/mol.